The zero-order valence-corrected chi connectivity index (χ0v) is 19.2. The smallest absolute Gasteiger partial charge is 0.260 e. The number of carbonyl (C=O) groups is 2. The highest BCUT2D eigenvalue weighted by Crippen LogP contribution is 2.55. The maximum absolute atomic E-state index is 13.2. The number of nitrogens with one attached hydrogen (secondary N) is 1. The predicted molar refractivity (Wildman–Crippen MR) is 122 cm³/mol. The summed E-state index contributed by atoms with van der Waals surface area (Å²) >= 11 is 0. The van der Waals surface area contributed by atoms with Crippen molar-refractivity contribution in [1.82, 2.24) is 10.2 Å². The lowest BCUT2D eigenvalue weighted by Gasteiger charge is -2.56. The van der Waals surface area contributed by atoms with Gasteiger partial charge < -0.3 is 19.7 Å². The third kappa shape index (κ3) is 4.46. The molecular formula is C26H36N2O4. The fraction of sp³-hybridized carbons (Fsp3) is 0.692. The Labute approximate surface area is 191 Å². The maximum Gasteiger partial charge on any atom is 0.260 e. The summed E-state index contributed by atoms with van der Waals surface area (Å²) in [4.78, 5) is 27.5. The summed E-state index contributed by atoms with van der Waals surface area (Å²) < 4.78 is 11.6. The summed E-state index contributed by atoms with van der Waals surface area (Å²) in [5.74, 6) is 3.39. The van der Waals surface area contributed by atoms with E-state index < -0.39 is 0 Å². The van der Waals surface area contributed by atoms with Crippen LogP contribution in [0.25, 0.3) is 0 Å². The van der Waals surface area contributed by atoms with Crippen LogP contribution in [0.2, 0.25) is 0 Å². The van der Waals surface area contributed by atoms with Gasteiger partial charge in [-0.2, -0.15) is 0 Å². The van der Waals surface area contributed by atoms with Gasteiger partial charge in [0.2, 0.25) is 0 Å². The van der Waals surface area contributed by atoms with Gasteiger partial charge in [-0.05, 0) is 101 Å². The second-order valence-corrected chi connectivity index (χ2v) is 10.5. The van der Waals surface area contributed by atoms with Gasteiger partial charge in [0.25, 0.3) is 11.8 Å². The molecule has 0 aromatic heterocycles. The van der Waals surface area contributed by atoms with Crippen LogP contribution in [-0.4, -0.2) is 48.6 Å². The molecule has 1 aromatic carbocycles. The molecule has 1 aliphatic heterocycles. The quantitative estimate of drug-likeness (QED) is 0.691. The van der Waals surface area contributed by atoms with E-state index in [1.165, 1.54) is 25.7 Å². The molecule has 1 N–H and O–H groups in total. The largest absolute Gasteiger partial charge is 0.490 e. The molecular weight excluding hydrogens is 404 g/mol. The van der Waals surface area contributed by atoms with Crippen LogP contribution in [-0.2, 0) is 4.79 Å². The third-order valence-corrected chi connectivity index (χ3v) is 7.98. The molecule has 0 radical (unpaired) electrons. The molecule has 174 valence electrons. The molecule has 32 heavy (non-hydrogen) atoms. The minimum absolute atomic E-state index is 0.00110. The fourth-order valence-electron chi connectivity index (χ4n) is 6.99. The van der Waals surface area contributed by atoms with Crippen molar-refractivity contribution in [3.63, 3.8) is 0 Å². The van der Waals surface area contributed by atoms with Crippen LogP contribution >= 0.6 is 0 Å². The van der Waals surface area contributed by atoms with E-state index in [0.29, 0.717) is 23.7 Å². The van der Waals surface area contributed by atoms with Gasteiger partial charge in [0, 0.05) is 24.2 Å². The number of hydrogen-bond acceptors (Lipinski definition) is 4. The molecule has 0 unspecified atom stereocenters. The Morgan fingerprint density at radius 1 is 0.969 bits per heavy atom. The first-order chi connectivity index (χ1) is 15.5. The van der Waals surface area contributed by atoms with Crippen LogP contribution in [0.1, 0.15) is 75.1 Å². The highest BCUT2D eigenvalue weighted by Gasteiger charge is 2.51. The van der Waals surface area contributed by atoms with E-state index in [1.807, 2.05) is 11.8 Å². The van der Waals surface area contributed by atoms with Crippen molar-refractivity contribution >= 4 is 11.8 Å². The lowest BCUT2D eigenvalue weighted by molar-refractivity contribution is -0.134. The number of piperidine rings is 1. The minimum atomic E-state index is -0.0242. The van der Waals surface area contributed by atoms with Crippen LogP contribution in [0.15, 0.2) is 18.2 Å². The average molecular weight is 441 g/mol. The van der Waals surface area contributed by atoms with E-state index in [1.54, 1.807) is 18.2 Å². The molecule has 2 amide bonds. The van der Waals surface area contributed by atoms with E-state index in [4.69, 9.17) is 9.47 Å². The molecule has 1 aromatic rings. The van der Waals surface area contributed by atoms with Crippen LogP contribution in [0.4, 0.5) is 0 Å². The van der Waals surface area contributed by atoms with Gasteiger partial charge in [-0.15, -0.1) is 0 Å². The minimum Gasteiger partial charge on any atom is -0.490 e. The van der Waals surface area contributed by atoms with Gasteiger partial charge >= 0.3 is 0 Å². The molecule has 1 heterocycles. The average Bonchev–Trinajstić information content (AvgIpc) is 2.77. The number of likely N-dealkylation sites (tertiary alicyclic amines) is 1. The predicted octanol–water partition coefficient (Wildman–Crippen LogP) is 4.18. The monoisotopic (exact) mass is 440 g/mol. The van der Waals surface area contributed by atoms with E-state index >= 15 is 0 Å². The summed E-state index contributed by atoms with van der Waals surface area (Å²) in [6, 6.07) is 5.32. The Bertz CT molecular complexity index is 826. The Balaban J connectivity index is 1.25. The van der Waals surface area contributed by atoms with Crippen LogP contribution in [0.5, 0.6) is 11.5 Å². The van der Waals surface area contributed by atoms with Crippen LogP contribution in [0, 0.1) is 17.8 Å². The molecule has 0 spiro atoms. The van der Waals surface area contributed by atoms with Crippen molar-refractivity contribution in [2.24, 2.45) is 17.8 Å². The van der Waals surface area contributed by atoms with E-state index in [-0.39, 0.29) is 24.0 Å². The summed E-state index contributed by atoms with van der Waals surface area (Å²) in [7, 11) is 0. The first-order valence-corrected chi connectivity index (χ1v) is 12.5. The van der Waals surface area contributed by atoms with Crippen molar-refractivity contribution in [1.29, 1.82) is 0 Å². The molecule has 6 nitrogen and oxygen atoms in total. The molecule has 4 bridgehead atoms. The number of amides is 2. The van der Waals surface area contributed by atoms with Crippen molar-refractivity contribution in [3.05, 3.63) is 23.8 Å². The topological polar surface area (TPSA) is 67.9 Å². The first kappa shape index (κ1) is 21.6. The molecule has 6 heteroatoms. The standard InChI is InChI=1S/C26H36N2O4/c1-2-31-23-13-21(6-7-22(23)32-17-24(29)28-8-4-3-5-9-28)25(30)27-26-14-18-10-19(15-26)12-20(11-18)16-26/h6-7,13,18-20H,2-5,8-12,14-17H2,1H3,(H,27,30). The van der Waals surface area contributed by atoms with Crippen LogP contribution in [0.3, 0.4) is 0 Å². The Kier molecular flexibility index (Phi) is 6.04. The summed E-state index contributed by atoms with van der Waals surface area (Å²) in [6.07, 6.45) is 10.7. The lowest BCUT2D eigenvalue weighted by atomic mass is 9.53. The zero-order chi connectivity index (χ0) is 22.1. The third-order valence-electron chi connectivity index (χ3n) is 7.98. The van der Waals surface area contributed by atoms with Crippen molar-refractivity contribution in [2.45, 2.75) is 70.3 Å². The fourth-order valence-corrected chi connectivity index (χ4v) is 6.99. The molecule has 5 aliphatic rings. The second kappa shape index (κ2) is 8.95. The number of ether oxygens (including phenoxy) is 2. The van der Waals surface area contributed by atoms with Crippen molar-refractivity contribution in [3.8, 4) is 11.5 Å². The molecule has 4 saturated carbocycles. The van der Waals surface area contributed by atoms with Gasteiger partial charge in [0.15, 0.2) is 18.1 Å². The Morgan fingerprint density at radius 2 is 1.62 bits per heavy atom. The number of rotatable bonds is 7. The molecule has 6 rings (SSSR count). The SMILES string of the molecule is CCOc1cc(C(=O)NC23CC4CC(CC(C4)C2)C3)ccc1OCC(=O)N1CCCCC1. The van der Waals surface area contributed by atoms with Gasteiger partial charge in [-0.1, -0.05) is 0 Å². The van der Waals surface area contributed by atoms with Gasteiger partial charge in [-0.3, -0.25) is 9.59 Å². The summed E-state index contributed by atoms with van der Waals surface area (Å²) in [6.45, 7) is 3.99. The summed E-state index contributed by atoms with van der Waals surface area (Å²) in [5.41, 5.74) is 0.576. The second-order valence-electron chi connectivity index (χ2n) is 10.5. The van der Waals surface area contributed by atoms with E-state index in [0.717, 1.165) is 62.9 Å². The van der Waals surface area contributed by atoms with Gasteiger partial charge in [-0.25, -0.2) is 0 Å². The van der Waals surface area contributed by atoms with Gasteiger partial charge in [0.05, 0.1) is 6.61 Å². The van der Waals surface area contributed by atoms with Crippen molar-refractivity contribution < 1.29 is 19.1 Å². The number of hydrogen-bond donors (Lipinski definition) is 1. The maximum atomic E-state index is 13.2. The summed E-state index contributed by atoms with van der Waals surface area (Å²) in [5, 5.41) is 3.43. The van der Waals surface area contributed by atoms with E-state index in [9.17, 15) is 9.59 Å². The Morgan fingerprint density at radius 3 is 2.25 bits per heavy atom. The lowest BCUT2D eigenvalue weighted by Crippen LogP contribution is -2.59. The molecule has 1 saturated heterocycles. The number of carbonyl (C=O) groups excluding carboxylic acids is 2. The number of nitrogens with zero attached hydrogens (tertiary/aromatic N) is 1. The molecule has 5 fully saturated rings. The molecule has 4 aliphatic carbocycles. The normalized spacial score (nSPS) is 30.8. The zero-order valence-electron chi connectivity index (χ0n) is 19.2. The Hall–Kier alpha value is -2.24. The first-order valence-electron chi connectivity index (χ1n) is 12.5. The van der Waals surface area contributed by atoms with Crippen LogP contribution < -0.4 is 14.8 Å². The van der Waals surface area contributed by atoms with Crippen molar-refractivity contribution in [2.75, 3.05) is 26.3 Å². The van der Waals surface area contributed by atoms with Gasteiger partial charge in [0.1, 0.15) is 0 Å². The highest BCUT2D eigenvalue weighted by atomic mass is 16.5. The molecule has 0 atom stereocenters. The number of benzene rings is 1. The highest BCUT2D eigenvalue weighted by molar-refractivity contribution is 5.95. The van der Waals surface area contributed by atoms with E-state index in [2.05, 4.69) is 5.32 Å².